The molecule has 2 amide bonds. The molecule has 0 spiro atoms. The van der Waals surface area contributed by atoms with Crippen LogP contribution in [0.3, 0.4) is 0 Å². The van der Waals surface area contributed by atoms with Crippen LogP contribution in [0.5, 0.6) is 5.75 Å². The van der Waals surface area contributed by atoms with Gasteiger partial charge in [-0.05, 0) is 31.9 Å². The molecule has 5 nitrogen and oxygen atoms in total. The topological polar surface area (TPSA) is 72.6 Å². The Bertz CT molecular complexity index is 502. The maximum Gasteiger partial charge on any atom is 0.257 e. The van der Waals surface area contributed by atoms with E-state index < -0.39 is 0 Å². The number of nitrogens with zero attached hydrogens (tertiary/aromatic N) is 1. The van der Waals surface area contributed by atoms with Crippen molar-refractivity contribution in [2.45, 2.75) is 19.8 Å². The number of hydrogen-bond acceptors (Lipinski definition) is 3. The Morgan fingerprint density at radius 3 is 2.85 bits per heavy atom. The monoisotopic (exact) mass is 276 g/mol. The predicted molar refractivity (Wildman–Crippen MR) is 75.4 cm³/mol. The summed E-state index contributed by atoms with van der Waals surface area (Å²) in [4.78, 5) is 25.5. The van der Waals surface area contributed by atoms with Crippen molar-refractivity contribution in [1.82, 2.24) is 4.90 Å². The highest BCUT2D eigenvalue weighted by Gasteiger charge is 2.28. The number of rotatable bonds is 4. The van der Waals surface area contributed by atoms with Crippen molar-refractivity contribution in [2.75, 3.05) is 19.7 Å². The number of hydrogen-bond donors (Lipinski definition) is 1. The minimum absolute atomic E-state index is 0.0972. The summed E-state index contributed by atoms with van der Waals surface area (Å²) in [5.41, 5.74) is 5.89. The molecule has 1 aromatic rings. The fourth-order valence-electron chi connectivity index (χ4n) is 2.49. The second-order valence-corrected chi connectivity index (χ2v) is 4.92. The third kappa shape index (κ3) is 3.10. The normalized spacial score (nSPS) is 18.6. The van der Waals surface area contributed by atoms with E-state index in [2.05, 4.69) is 0 Å². The minimum Gasteiger partial charge on any atom is -0.493 e. The summed E-state index contributed by atoms with van der Waals surface area (Å²) < 4.78 is 5.48. The van der Waals surface area contributed by atoms with Crippen LogP contribution in [0.25, 0.3) is 0 Å². The van der Waals surface area contributed by atoms with Gasteiger partial charge >= 0.3 is 0 Å². The lowest BCUT2D eigenvalue weighted by Gasteiger charge is -2.31. The van der Waals surface area contributed by atoms with Crippen molar-refractivity contribution in [3.8, 4) is 5.75 Å². The van der Waals surface area contributed by atoms with Gasteiger partial charge in [0.15, 0.2) is 0 Å². The fraction of sp³-hybridized carbons (Fsp3) is 0.467. The lowest BCUT2D eigenvalue weighted by molar-refractivity contribution is -0.123. The highest BCUT2D eigenvalue weighted by atomic mass is 16.5. The predicted octanol–water partition coefficient (Wildman–Crippen LogP) is 1.42. The molecule has 1 fully saturated rings. The van der Waals surface area contributed by atoms with Crippen LogP contribution in [0.15, 0.2) is 24.3 Å². The zero-order chi connectivity index (χ0) is 14.5. The average molecular weight is 276 g/mol. The summed E-state index contributed by atoms with van der Waals surface area (Å²) in [5, 5.41) is 0. The molecule has 5 heteroatoms. The van der Waals surface area contributed by atoms with Crippen LogP contribution in [0.1, 0.15) is 30.1 Å². The summed E-state index contributed by atoms with van der Waals surface area (Å²) >= 11 is 0. The molecular formula is C15H20N2O3. The lowest BCUT2D eigenvalue weighted by Crippen LogP contribution is -2.44. The summed E-state index contributed by atoms with van der Waals surface area (Å²) in [6.45, 7) is 3.44. The van der Waals surface area contributed by atoms with E-state index in [0.717, 1.165) is 12.8 Å². The van der Waals surface area contributed by atoms with E-state index in [0.29, 0.717) is 31.0 Å². The highest BCUT2D eigenvalue weighted by molar-refractivity contribution is 5.97. The van der Waals surface area contributed by atoms with Gasteiger partial charge in [0.1, 0.15) is 5.75 Å². The number of piperidine rings is 1. The molecule has 1 atom stereocenters. The standard InChI is InChI=1S/C15H20N2O3/c1-2-20-13-8-4-3-7-12(13)15(19)17-9-5-6-11(10-17)14(16)18/h3-4,7-8,11H,2,5-6,9-10H2,1H3,(H2,16,18). The molecule has 1 aliphatic heterocycles. The zero-order valence-corrected chi connectivity index (χ0v) is 11.7. The Balaban J connectivity index is 2.16. The van der Waals surface area contributed by atoms with Gasteiger partial charge in [0.05, 0.1) is 18.1 Å². The van der Waals surface area contributed by atoms with Gasteiger partial charge in [-0.15, -0.1) is 0 Å². The lowest BCUT2D eigenvalue weighted by atomic mass is 9.97. The molecule has 1 aromatic carbocycles. The van der Waals surface area contributed by atoms with Crippen LogP contribution in [0, 0.1) is 5.92 Å². The van der Waals surface area contributed by atoms with E-state index in [1.54, 1.807) is 17.0 Å². The summed E-state index contributed by atoms with van der Waals surface area (Å²) in [6.07, 6.45) is 1.56. The molecule has 1 saturated heterocycles. The van der Waals surface area contributed by atoms with Crippen molar-refractivity contribution < 1.29 is 14.3 Å². The van der Waals surface area contributed by atoms with Gasteiger partial charge in [0.25, 0.3) is 5.91 Å². The van der Waals surface area contributed by atoms with Crippen LogP contribution in [-0.2, 0) is 4.79 Å². The molecule has 1 heterocycles. The van der Waals surface area contributed by atoms with E-state index in [9.17, 15) is 9.59 Å². The number of carbonyl (C=O) groups is 2. The number of benzene rings is 1. The minimum atomic E-state index is -0.333. The third-order valence-electron chi connectivity index (χ3n) is 3.53. The van der Waals surface area contributed by atoms with E-state index in [-0.39, 0.29) is 17.7 Å². The van der Waals surface area contributed by atoms with Gasteiger partial charge in [0, 0.05) is 13.1 Å². The first-order chi connectivity index (χ1) is 9.63. The number of carbonyl (C=O) groups excluding carboxylic acids is 2. The molecule has 108 valence electrons. The second-order valence-electron chi connectivity index (χ2n) is 4.92. The first-order valence-corrected chi connectivity index (χ1v) is 6.94. The second kappa shape index (κ2) is 6.41. The number of ether oxygens (including phenoxy) is 1. The molecule has 2 N–H and O–H groups in total. The Morgan fingerprint density at radius 1 is 1.40 bits per heavy atom. The summed E-state index contributed by atoms with van der Waals surface area (Å²) in [5.74, 6) is -0.0891. The number of nitrogens with two attached hydrogens (primary N) is 1. The highest BCUT2D eigenvalue weighted by Crippen LogP contribution is 2.23. The first kappa shape index (κ1) is 14.4. The SMILES string of the molecule is CCOc1ccccc1C(=O)N1CCCC(C(N)=O)C1. The molecule has 0 bridgehead atoms. The number of primary amides is 1. The van der Waals surface area contributed by atoms with Crippen LogP contribution >= 0.6 is 0 Å². The summed E-state index contributed by atoms with van der Waals surface area (Å²) in [7, 11) is 0. The van der Waals surface area contributed by atoms with E-state index >= 15 is 0 Å². The Labute approximate surface area is 118 Å². The molecule has 0 aliphatic carbocycles. The van der Waals surface area contributed by atoms with Gasteiger partial charge in [-0.1, -0.05) is 12.1 Å². The maximum atomic E-state index is 12.6. The van der Waals surface area contributed by atoms with Crippen LogP contribution in [0.2, 0.25) is 0 Å². The van der Waals surface area contributed by atoms with E-state index in [4.69, 9.17) is 10.5 Å². The Hall–Kier alpha value is -2.04. The Morgan fingerprint density at radius 2 is 2.15 bits per heavy atom. The fourth-order valence-corrected chi connectivity index (χ4v) is 2.49. The largest absolute Gasteiger partial charge is 0.493 e. The van der Waals surface area contributed by atoms with E-state index in [1.807, 2.05) is 19.1 Å². The van der Waals surface area contributed by atoms with Crippen LogP contribution < -0.4 is 10.5 Å². The Kier molecular flexibility index (Phi) is 4.61. The smallest absolute Gasteiger partial charge is 0.257 e. The molecule has 1 aliphatic rings. The number of amides is 2. The van der Waals surface area contributed by atoms with Crippen molar-refractivity contribution in [1.29, 1.82) is 0 Å². The average Bonchev–Trinajstić information content (AvgIpc) is 2.47. The van der Waals surface area contributed by atoms with Crippen molar-refractivity contribution in [3.63, 3.8) is 0 Å². The van der Waals surface area contributed by atoms with Gasteiger partial charge in [-0.3, -0.25) is 9.59 Å². The summed E-state index contributed by atoms with van der Waals surface area (Å²) in [6, 6.07) is 7.18. The van der Waals surface area contributed by atoms with Gasteiger partial charge in [0.2, 0.25) is 5.91 Å². The van der Waals surface area contributed by atoms with Crippen molar-refractivity contribution in [2.24, 2.45) is 11.7 Å². The van der Waals surface area contributed by atoms with Crippen molar-refractivity contribution in [3.05, 3.63) is 29.8 Å². The van der Waals surface area contributed by atoms with E-state index in [1.165, 1.54) is 0 Å². The third-order valence-corrected chi connectivity index (χ3v) is 3.53. The van der Waals surface area contributed by atoms with Crippen LogP contribution in [0.4, 0.5) is 0 Å². The molecular weight excluding hydrogens is 256 g/mol. The van der Waals surface area contributed by atoms with Crippen LogP contribution in [-0.4, -0.2) is 36.4 Å². The first-order valence-electron chi connectivity index (χ1n) is 6.94. The zero-order valence-electron chi connectivity index (χ0n) is 11.7. The number of likely N-dealkylation sites (tertiary alicyclic amines) is 1. The molecule has 0 radical (unpaired) electrons. The molecule has 0 aromatic heterocycles. The molecule has 0 saturated carbocycles. The number of para-hydroxylation sites is 1. The quantitative estimate of drug-likeness (QED) is 0.904. The van der Waals surface area contributed by atoms with Crippen molar-refractivity contribution >= 4 is 11.8 Å². The maximum absolute atomic E-state index is 12.6. The van der Waals surface area contributed by atoms with Gasteiger partial charge in [-0.2, -0.15) is 0 Å². The molecule has 20 heavy (non-hydrogen) atoms. The molecule has 1 unspecified atom stereocenters. The van der Waals surface area contributed by atoms with Gasteiger partial charge < -0.3 is 15.4 Å². The molecule has 2 rings (SSSR count). The van der Waals surface area contributed by atoms with Gasteiger partial charge in [-0.25, -0.2) is 0 Å².